The molecule has 19 heavy (non-hydrogen) atoms. The molecule has 0 radical (unpaired) electrons. The van der Waals surface area contributed by atoms with Gasteiger partial charge in [0.15, 0.2) is 0 Å². The predicted molar refractivity (Wildman–Crippen MR) is 76.6 cm³/mol. The van der Waals surface area contributed by atoms with Crippen LogP contribution in [0.3, 0.4) is 0 Å². The molecule has 102 valence electrons. The van der Waals surface area contributed by atoms with Crippen molar-refractivity contribution in [2.24, 2.45) is 0 Å². The average molecular weight is 260 g/mol. The van der Waals surface area contributed by atoms with Crippen LogP contribution in [0.4, 0.5) is 11.6 Å². The van der Waals surface area contributed by atoms with Crippen LogP contribution in [0.1, 0.15) is 18.4 Å². The molecule has 5 heteroatoms. The van der Waals surface area contributed by atoms with Gasteiger partial charge in [-0.15, -0.1) is 0 Å². The van der Waals surface area contributed by atoms with Crippen molar-refractivity contribution in [1.82, 2.24) is 10.1 Å². The highest BCUT2D eigenvalue weighted by Crippen LogP contribution is 2.13. The summed E-state index contributed by atoms with van der Waals surface area (Å²) in [6, 6.07) is 8.21. The SMILES string of the molecule is CCN(C)c1noc(CCNc2ccccc2C)n1. The molecule has 0 aliphatic rings. The summed E-state index contributed by atoms with van der Waals surface area (Å²) < 4.78 is 5.21. The first-order valence-electron chi connectivity index (χ1n) is 6.54. The Morgan fingerprint density at radius 1 is 1.32 bits per heavy atom. The zero-order valence-electron chi connectivity index (χ0n) is 11.7. The van der Waals surface area contributed by atoms with Crippen molar-refractivity contribution in [1.29, 1.82) is 0 Å². The molecule has 0 fully saturated rings. The molecule has 0 spiro atoms. The maximum atomic E-state index is 5.21. The summed E-state index contributed by atoms with van der Waals surface area (Å²) in [6.45, 7) is 5.78. The van der Waals surface area contributed by atoms with Crippen LogP contribution >= 0.6 is 0 Å². The van der Waals surface area contributed by atoms with E-state index in [0.29, 0.717) is 11.8 Å². The van der Waals surface area contributed by atoms with Crippen molar-refractivity contribution < 1.29 is 4.52 Å². The van der Waals surface area contributed by atoms with Gasteiger partial charge in [-0.2, -0.15) is 4.98 Å². The van der Waals surface area contributed by atoms with E-state index in [1.807, 2.05) is 24.1 Å². The highest BCUT2D eigenvalue weighted by Gasteiger charge is 2.08. The van der Waals surface area contributed by atoms with Crippen LogP contribution in [-0.4, -0.2) is 30.3 Å². The fourth-order valence-electron chi connectivity index (χ4n) is 1.72. The fraction of sp³-hybridized carbons (Fsp3) is 0.429. The van der Waals surface area contributed by atoms with E-state index in [0.717, 1.165) is 25.2 Å². The van der Waals surface area contributed by atoms with Crippen molar-refractivity contribution in [2.75, 3.05) is 30.4 Å². The first-order chi connectivity index (χ1) is 9.20. The number of aryl methyl sites for hydroxylation is 1. The number of benzene rings is 1. The molecule has 0 amide bonds. The summed E-state index contributed by atoms with van der Waals surface area (Å²) in [7, 11) is 1.94. The quantitative estimate of drug-likeness (QED) is 0.864. The van der Waals surface area contributed by atoms with Crippen LogP contribution in [-0.2, 0) is 6.42 Å². The molecule has 1 aromatic heterocycles. The Hall–Kier alpha value is -2.04. The standard InChI is InChI=1S/C14H20N4O/c1-4-18(3)14-16-13(19-17-14)9-10-15-12-8-6-5-7-11(12)2/h5-8,15H,4,9-10H2,1-3H3. The lowest BCUT2D eigenvalue weighted by Crippen LogP contribution is -2.17. The van der Waals surface area contributed by atoms with Gasteiger partial charge in [-0.05, 0) is 30.6 Å². The van der Waals surface area contributed by atoms with Gasteiger partial charge in [0.2, 0.25) is 5.89 Å². The highest BCUT2D eigenvalue weighted by molar-refractivity contribution is 5.50. The number of hydrogen-bond donors (Lipinski definition) is 1. The number of nitrogens with zero attached hydrogens (tertiary/aromatic N) is 3. The maximum Gasteiger partial charge on any atom is 0.265 e. The summed E-state index contributed by atoms with van der Waals surface area (Å²) in [5, 5.41) is 7.31. The van der Waals surface area contributed by atoms with Crippen molar-refractivity contribution in [3.8, 4) is 0 Å². The molecule has 5 nitrogen and oxygen atoms in total. The van der Waals surface area contributed by atoms with Gasteiger partial charge in [0, 0.05) is 32.2 Å². The molecular formula is C14H20N4O. The molecule has 0 saturated carbocycles. The zero-order chi connectivity index (χ0) is 13.7. The lowest BCUT2D eigenvalue weighted by Gasteiger charge is -2.09. The number of para-hydroxylation sites is 1. The van der Waals surface area contributed by atoms with E-state index in [1.165, 1.54) is 5.56 Å². The van der Waals surface area contributed by atoms with Crippen LogP contribution in [0.5, 0.6) is 0 Å². The van der Waals surface area contributed by atoms with Crippen LogP contribution in [0, 0.1) is 6.92 Å². The molecule has 0 atom stereocenters. The molecule has 2 rings (SSSR count). The molecule has 0 saturated heterocycles. The number of anilines is 2. The molecule has 0 aliphatic heterocycles. The highest BCUT2D eigenvalue weighted by atomic mass is 16.5. The summed E-state index contributed by atoms with van der Waals surface area (Å²) in [4.78, 5) is 6.29. The maximum absolute atomic E-state index is 5.21. The fourth-order valence-corrected chi connectivity index (χ4v) is 1.72. The molecule has 1 N–H and O–H groups in total. The van der Waals surface area contributed by atoms with E-state index in [4.69, 9.17) is 4.52 Å². The van der Waals surface area contributed by atoms with E-state index >= 15 is 0 Å². The van der Waals surface area contributed by atoms with Gasteiger partial charge in [0.1, 0.15) is 0 Å². The largest absolute Gasteiger partial charge is 0.384 e. The Labute approximate surface area is 113 Å². The molecular weight excluding hydrogens is 240 g/mol. The van der Waals surface area contributed by atoms with Gasteiger partial charge in [-0.1, -0.05) is 18.2 Å². The first kappa shape index (κ1) is 13.4. The minimum atomic E-state index is 0.647. The molecule has 0 unspecified atom stereocenters. The smallest absolute Gasteiger partial charge is 0.265 e. The number of aromatic nitrogens is 2. The summed E-state index contributed by atoms with van der Waals surface area (Å²) in [5.41, 5.74) is 2.38. The lowest BCUT2D eigenvalue weighted by molar-refractivity contribution is 0.380. The van der Waals surface area contributed by atoms with E-state index in [1.54, 1.807) is 0 Å². The van der Waals surface area contributed by atoms with E-state index in [2.05, 4.69) is 41.4 Å². The molecule has 1 aromatic carbocycles. The Morgan fingerprint density at radius 3 is 2.84 bits per heavy atom. The summed E-state index contributed by atoms with van der Waals surface area (Å²) >= 11 is 0. The van der Waals surface area contributed by atoms with E-state index < -0.39 is 0 Å². The van der Waals surface area contributed by atoms with Crippen molar-refractivity contribution in [3.05, 3.63) is 35.7 Å². The lowest BCUT2D eigenvalue weighted by atomic mass is 10.2. The van der Waals surface area contributed by atoms with Crippen LogP contribution in [0.25, 0.3) is 0 Å². The normalized spacial score (nSPS) is 10.5. The van der Waals surface area contributed by atoms with E-state index in [9.17, 15) is 0 Å². The Balaban J connectivity index is 1.86. The van der Waals surface area contributed by atoms with Gasteiger partial charge in [0.25, 0.3) is 5.95 Å². The Bertz CT molecular complexity index is 524. The van der Waals surface area contributed by atoms with E-state index in [-0.39, 0.29) is 0 Å². The van der Waals surface area contributed by atoms with Gasteiger partial charge >= 0.3 is 0 Å². The molecule has 0 aliphatic carbocycles. The minimum Gasteiger partial charge on any atom is -0.384 e. The van der Waals surface area contributed by atoms with Gasteiger partial charge < -0.3 is 14.7 Å². The first-order valence-corrected chi connectivity index (χ1v) is 6.54. The number of hydrogen-bond acceptors (Lipinski definition) is 5. The van der Waals surface area contributed by atoms with Crippen LogP contribution < -0.4 is 10.2 Å². The Kier molecular flexibility index (Phi) is 4.39. The second kappa shape index (κ2) is 6.22. The average Bonchev–Trinajstić information content (AvgIpc) is 2.89. The monoisotopic (exact) mass is 260 g/mol. The second-order valence-corrected chi connectivity index (χ2v) is 4.49. The van der Waals surface area contributed by atoms with Crippen molar-refractivity contribution >= 4 is 11.6 Å². The van der Waals surface area contributed by atoms with Crippen molar-refractivity contribution in [3.63, 3.8) is 0 Å². The van der Waals surface area contributed by atoms with Crippen LogP contribution in [0.2, 0.25) is 0 Å². The van der Waals surface area contributed by atoms with Crippen molar-refractivity contribution in [2.45, 2.75) is 20.3 Å². The van der Waals surface area contributed by atoms with Crippen LogP contribution in [0.15, 0.2) is 28.8 Å². The topological polar surface area (TPSA) is 54.2 Å². The third-order valence-corrected chi connectivity index (χ3v) is 3.07. The number of nitrogens with one attached hydrogen (secondary N) is 1. The van der Waals surface area contributed by atoms with Gasteiger partial charge in [-0.3, -0.25) is 0 Å². The molecule has 0 bridgehead atoms. The third-order valence-electron chi connectivity index (χ3n) is 3.07. The Morgan fingerprint density at radius 2 is 2.11 bits per heavy atom. The predicted octanol–water partition coefficient (Wildman–Crippen LogP) is 2.49. The number of rotatable bonds is 6. The molecule has 2 aromatic rings. The summed E-state index contributed by atoms with van der Waals surface area (Å²) in [6.07, 6.45) is 0.721. The second-order valence-electron chi connectivity index (χ2n) is 4.49. The third kappa shape index (κ3) is 3.47. The zero-order valence-corrected chi connectivity index (χ0v) is 11.7. The van der Waals surface area contributed by atoms with Gasteiger partial charge in [0.05, 0.1) is 0 Å². The minimum absolute atomic E-state index is 0.647. The summed E-state index contributed by atoms with van der Waals surface area (Å²) in [5.74, 6) is 1.31. The molecule has 1 heterocycles. The van der Waals surface area contributed by atoms with Gasteiger partial charge in [-0.25, -0.2) is 0 Å².